The number of amides is 1. The fourth-order valence-electron chi connectivity index (χ4n) is 4.75. The van der Waals surface area contributed by atoms with Crippen molar-refractivity contribution in [1.29, 1.82) is 0 Å². The number of aryl methyl sites for hydroxylation is 1. The molecule has 1 saturated heterocycles. The van der Waals surface area contributed by atoms with Gasteiger partial charge in [-0.2, -0.15) is 0 Å². The van der Waals surface area contributed by atoms with Crippen molar-refractivity contribution in [2.75, 3.05) is 39.5 Å². The summed E-state index contributed by atoms with van der Waals surface area (Å²) in [5.41, 5.74) is 3.92. The number of rotatable bonds is 5. The summed E-state index contributed by atoms with van der Waals surface area (Å²) in [5.74, 6) is 1.81. The first-order chi connectivity index (χ1) is 14.7. The van der Waals surface area contributed by atoms with Gasteiger partial charge in [0.2, 0.25) is 12.7 Å². The number of nitrogens with zero attached hydrogens (tertiary/aromatic N) is 2. The Morgan fingerprint density at radius 1 is 1.00 bits per heavy atom. The Hall–Kier alpha value is -2.57. The number of hydrogen-bond acceptors (Lipinski definition) is 5. The van der Waals surface area contributed by atoms with Crippen molar-refractivity contribution in [2.24, 2.45) is 0 Å². The molecule has 30 heavy (non-hydrogen) atoms. The van der Waals surface area contributed by atoms with Crippen LogP contribution in [-0.2, 0) is 17.8 Å². The van der Waals surface area contributed by atoms with Gasteiger partial charge in [-0.3, -0.25) is 14.6 Å². The molecule has 2 aliphatic heterocycles. The molecule has 5 rings (SSSR count). The highest BCUT2D eigenvalue weighted by Gasteiger charge is 2.24. The minimum Gasteiger partial charge on any atom is -0.454 e. The van der Waals surface area contributed by atoms with Crippen LogP contribution >= 0.6 is 0 Å². The van der Waals surface area contributed by atoms with Gasteiger partial charge in [0.25, 0.3) is 0 Å². The van der Waals surface area contributed by atoms with Crippen LogP contribution in [0.2, 0.25) is 0 Å². The number of benzene rings is 2. The van der Waals surface area contributed by atoms with Gasteiger partial charge < -0.3 is 14.8 Å². The van der Waals surface area contributed by atoms with Crippen molar-refractivity contribution in [3.8, 4) is 11.5 Å². The van der Waals surface area contributed by atoms with Crippen molar-refractivity contribution < 1.29 is 14.3 Å². The summed E-state index contributed by atoms with van der Waals surface area (Å²) in [4.78, 5) is 17.4. The second-order valence-corrected chi connectivity index (χ2v) is 8.45. The predicted molar refractivity (Wildman–Crippen MR) is 115 cm³/mol. The van der Waals surface area contributed by atoms with Gasteiger partial charge in [0.1, 0.15) is 0 Å². The van der Waals surface area contributed by atoms with Crippen LogP contribution in [0.15, 0.2) is 42.5 Å². The largest absolute Gasteiger partial charge is 0.454 e. The third kappa shape index (κ3) is 4.30. The third-order valence-electron chi connectivity index (χ3n) is 6.38. The van der Waals surface area contributed by atoms with Crippen molar-refractivity contribution in [3.63, 3.8) is 0 Å². The minimum absolute atomic E-state index is 0.140. The molecule has 1 N–H and O–H groups in total. The Labute approximate surface area is 177 Å². The summed E-state index contributed by atoms with van der Waals surface area (Å²) in [7, 11) is 0. The molecule has 3 aliphatic rings. The van der Waals surface area contributed by atoms with E-state index in [0.717, 1.165) is 63.5 Å². The van der Waals surface area contributed by atoms with E-state index < -0.39 is 0 Å². The minimum atomic E-state index is 0.140. The summed E-state index contributed by atoms with van der Waals surface area (Å²) in [5, 5.41) is 3.28. The molecule has 0 saturated carbocycles. The lowest BCUT2D eigenvalue weighted by Crippen LogP contribution is -2.49. The lowest BCUT2D eigenvalue weighted by molar-refractivity contribution is -0.123. The van der Waals surface area contributed by atoms with Crippen molar-refractivity contribution in [2.45, 2.75) is 31.8 Å². The number of carbonyl (C=O) groups is 1. The van der Waals surface area contributed by atoms with E-state index in [2.05, 4.69) is 51.5 Å². The van der Waals surface area contributed by atoms with Crippen LogP contribution in [0, 0.1) is 0 Å². The fraction of sp³-hybridized carbons (Fsp3) is 0.458. The number of carbonyl (C=O) groups excluding carboxylic acids is 1. The molecule has 2 heterocycles. The second kappa shape index (κ2) is 8.66. The topological polar surface area (TPSA) is 54.0 Å². The van der Waals surface area contributed by atoms with E-state index in [0.29, 0.717) is 13.3 Å². The maximum atomic E-state index is 12.7. The van der Waals surface area contributed by atoms with Crippen LogP contribution in [0.25, 0.3) is 0 Å². The average molecular weight is 408 g/mol. The summed E-state index contributed by atoms with van der Waals surface area (Å²) < 4.78 is 10.9. The van der Waals surface area contributed by atoms with Crippen LogP contribution < -0.4 is 14.8 Å². The number of ether oxygens (including phenoxy) is 2. The van der Waals surface area contributed by atoms with Gasteiger partial charge in [-0.1, -0.05) is 30.3 Å². The molecule has 1 aliphatic carbocycles. The zero-order valence-corrected chi connectivity index (χ0v) is 17.3. The normalized spacial score (nSPS) is 21.3. The van der Waals surface area contributed by atoms with Gasteiger partial charge in [-0.05, 0) is 48.1 Å². The van der Waals surface area contributed by atoms with Crippen LogP contribution in [-0.4, -0.2) is 55.2 Å². The van der Waals surface area contributed by atoms with E-state index in [1.165, 1.54) is 16.7 Å². The molecule has 2 aromatic carbocycles. The maximum absolute atomic E-state index is 12.7. The van der Waals surface area contributed by atoms with Gasteiger partial charge in [0.15, 0.2) is 11.5 Å². The summed E-state index contributed by atoms with van der Waals surface area (Å²) in [6, 6.07) is 14.8. The lowest BCUT2D eigenvalue weighted by Gasteiger charge is -2.35. The van der Waals surface area contributed by atoms with E-state index in [1.54, 1.807) is 0 Å². The number of hydrogen-bond donors (Lipinski definition) is 1. The molecule has 1 atom stereocenters. The average Bonchev–Trinajstić information content (AvgIpc) is 3.23. The Bertz CT molecular complexity index is 908. The Morgan fingerprint density at radius 2 is 1.80 bits per heavy atom. The predicted octanol–water partition coefficient (Wildman–Crippen LogP) is 2.73. The zero-order valence-electron chi connectivity index (χ0n) is 17.3. The first kappa shape index (κ1) is 19.4. The Morgan fingerprint density at radius 3 is 2.70 bits per heavy atom. The zero-order chi connectivity index (χ0) is 20.3. The number of piperazine rings is 1. The molecule has 0 spiro atoms. The maximum Gasteiger partial charge on any atom is 0.234 e. The van der Waals surface area contributed by atoms with Crippen LogP contribution in [0.1, 0.15) is 35.6 Å². The standard InChI is InChI=1S/C24H29N3O3/c28-24(25-21-7-3-5-19-4-1-2-6-20(19)21)16-27-12-10-26(11-13-27)15-18-8-9-22-23(14-18)30-17-29-22/h1-2,4,6,8-9,14,21H,3,5,7,10-13,15-17H2,(H,25,28)/t21-/m0/s1. The van der Waals surface area contributed by atoms with Gasteiger partial charge in [0, 0.05) is 32.7 Å². The van der Waals surface area contributed by atoms with E-state index in [9.17, 15) is 4.79 Å². The SMILES string of the molecule is O=C(CN1CCN(Cc2ccc3c(c2)OCO3)CC1)N[C@H]1CCCc2ccccc21. The van der Waals surface area contributed by atoms with Crippen molar-refractivity contribution >= 4 is 5.91 Å². The highest BCUT2D eigenvalue weighted by Crippen LogP contribution is 2.33. The molecule has 0 radical (unpaired) electrons. The summed E-state index contributed by atoms with van der Waals surface area (Å²) in [6.45, 7) is 5.46. The number of fused-ring (bicyclic) bond motifs is 2. The van der Waals surface area contributed by atoms with Crippen molar-refractivity contribution in [3.05, 3.63) is 59.2 Å². The molecular formula is C24H29N3O3. The summed E-state index contributed by atoms with van der Waals surface area (Å²) >= 11 is 0. The van der Waals surface area contributed by atoms with Gasteiger partial charge >= 0.3 is 0 Å². The molecule has 1 amide bonds. The number of nitrogens with one attached hydrogen (secondary N) is 1. The molecular weight excluding hydrogens is 378 g/mol. The van der Waals surface area contributed by atoms with Gasteiger partial charge in [0.05, 0.1) is 12.6 Å². The van der Waals surface area contributed by atoms with E-state index >= 15 is 0 Å². The van der Waals surface area contributed by atoms with E-state index in [4.69, 9.17) is 9.47 Å². The fourth-order valence-corrected chi connectivity index (χ4v) is 4.75. The summed E-state index contributed by atoms with van der Waals surface area (Å²) in [6.07, 6.45) is 3.29. The first-order valence-electron chi connectivity index (χ1n) is 10.9. The molecule has 0 aromatic heterocycles. The lowest BCUT2D eigenvalue weighted by atomic mass is 9.88. The van der Waals surface area contributed by atoms with Crippen LogP contribution in [0.5, 0.6) is 11.5 Å². The third-order valence-corrected chi connectivity index (χ3v) is 6.38. The second-order valence-electron chi connectivity index (χ2n) is 8.45. The Kier molecular flexibility index (Phi) is 5.60. The highest BCUT2D eigenvalue weighted by atomic mass is 16.7. The first-order valence-corrected chi connectivity index (χ1v) is 10.9. The molecule has 0 unspecified atom stereocenters. The van der Waals surface area contributed by atoms with Crippen LogP contribution in [0.3, 0.4) is 0 Å². The van der Waals surface area contributed by atoms with E-state index in [1.807, 2.05) is 6.07 Å². The molecule has 0 bridgehead atoms. The quantitative estimate of drug-likeness (QED) is 0.826. The smallest absolute Gasteiger partial charge is 0.234 e. The van der Waals surface area contributed by atoms with Gasteiger partial charge in [-0.25, -0.2) is 0 Å². The molecule has 6 nitrogen and oxygen atoms in total. The molecule has 158 valence electrons. The Balaban J connectivity index is 1.09. The van der Waals surface area contributed by atoms with Crippen molar-refractivity contribution in [1.82, 2.24) is 15.1 Å². The monoisotopic (exact) mass is 407 g/mol. The molecule has 2 aromatic rings. The molecule has 6 heteroatoms. The van der Waals surface area contributed by atoms with Gasteiger partial charge in [-0.15, -0.1) is 0 Å². The highest BCUT2D eigenvalue weighted by molar-refractivity contribution is 5.78. The van der Waals surface area contributed by atoms with Crippen LogP contribution in [0.4, 0.5) is 0 Å². The molecule has 1 fully saturated rings. The van der Waals surface area contributed by atoms with E-state index in [-0.39, 0.29) is 11.9 Å².